The smallest absolute Gasteiger partial charge is 0.433 e. The third kappa shape index (κ3) is 5.55. The highest BCUT2D eigenvalue weighted by Crippen LogP contribution is 2.67. The number of methoxy groups -OCH3 is 1. The van der Waals surface area contributed by atoms with Gasteiger partial charge in [-0.1, -0.05) is 23.3 Å². The van der Waals surface area contributed by atoms with Gasteiger partial charge >= 0.3 is 6.18 Å². The molecule has 4 aliphatic rings. The molecule has 6 unspecified atom stereocenters. The van der Waals surface area contributed by atoms with Gasteiger partial charge in [0.15, 0.2) is 50.3 Å². The number of aromatic hydroxyl groups is 1. The number of ether oxygens (including phenoxy) is 1. The first-order valence-electron chi connectivity index (χ1n) is 16.0. The van der Waals surface area contributed by atoms with Crippen LogP contribution in [0.15, 0.2) is 38.8 Å². The van der Waals surface area contributed by atoms with Gasteiger partial charge in [-0.3, -0.25) is 24.2 Å². The fraction of sp³-hybridized carbons (Fsp3) is 0.324. The van der Waals surface area contributed by atoms with Crippen LogP contribution in [0.2, 0.25) is 5.02 Å². The first-order valence-corrected chi connectivity index (χ1v) is 18.8. The molecule has 0 bridgehead atoms. The van der Waals surface area contributed by atoms with Crippen molar-refractivity contribution in [1.29, 1.82) is 0 Å². The zero-order chi connectivity index (χ0) is 42.2. The lowest BCUT2D eigenvalue weighted by Crippen LogP contribution is -2.60. The van der Waals surface area contributed by atoms with Crippen molar-refractivity contribution in [3.63, 3.8) is 0 Å². The van der Waals surface area contributed by atoms with Gasteiger partial charge in [0.05, 0.1) is 28.4 Å². The SMILES string of the molecule is COc1cc(C2C3=CCC4C(=O)N(N(C)c5nc(C(F)(F)F)ccc5Cl)C(=O)C4C3CC3(Cl)C(=O)N(c4c(F)c(F)c(F)c(F)c4F)C(=O)C23Cl)c(Br)c(Br)c1O. The molecule has 57 heavy (non-hydrogen) atoms. The number of alkyl halides is 5. The number of amides is 4. The van der Waals surface area contributed by atoms with Crippen LogP contribution in [0.5, 0.6) is 11.5 Å². The van der Waals surface area contributed by atoms with Crippen LogP contribution in [0.25, 0.3) is 0 Å². The summed E-state index contributed by atoms with van der Waals surface area (Å²) < 4.78 is 120. The number of hydrogen-bond acceptors (Lipinski definition) is 8. The summed E-state index contributed by atoms with van der Waals surface area (Å²) in [6.45, 7) is 0. The summed E-state index contributed by atoms with van der Waals surface area (Å²) in [6, 6.07) is 2.58. The van der Waals surface area contributed by atoms with E-state index in [0.29, 0.717) is 16.1 Å². The molecule has 10 nitrogen and oxygen atoms in total. The molecule has 3 aromatic rings. The van der Waals surface area contributed by atoms with E-state index in [2.05, 4.69) is 36.8 Å². The lowest BCUT2D eigenvalue weighted by molar-refractivity contribution is -0.141. The lowest BCUT2D eigenvalue weighted by Gasteiger charge is -2.51. The number of rotatable bonds is 5. The third-order valence-electron chi connectivity index (χ3n) is 10.6. The Kier molecular flexibility index (Phi) is 9.94. The van der Waals surface area contributed by atoms with Crippen LogP contribution in [0.1, 0.15) is 30.0 Å². The second-order valence-electron chi connectivity index (χ2n) is 13.3. The quantitative estimate of drug-likeness (QED) is 0.0678. The van der Waals surface area contributed by atoms with E-state index in [9.17, 15) is 50.6 Å². The van der Waals surface area contributed by atoms with Crippen LogP contribution in [0.4, 0.5) is 46.6 Å². The van der Waals surface area contributed by atoms with Crippen LogP contribution < -0.4 is 14.6 Å². The first kappa shape index (κ1) is 41.4. The molecule has 3 fully saturated rings. The van der Waals surface area contributed by atoms with Gasteiger partial charge in [0.1, 0.15) is 11.4 Å². The highest BCUT2D eigenvalue weighted by molar-refractivity contribution is 9.13. The first-order chi connectivity index (χ1) is 26.5. The number of carbonyl (C=O) groups excluding carboxylic acids is 4. The van der Waals surface area contributed by atoms with Crippen molar-refractivity contribution in [3.05, 3.63) is 84.2 Å². The van der Waals surface area contributed by atoms with E-state index in [1.54, 1.807) is 0 Å². The summed E-state index contributed by atoms with van der Waals surface area (Å²) in [4.78, 5) is 54.8. The van der Waals surface area contributed by atoms with Crippen molar-refractivity contribution >= 4 is 102 Å². The summed E-state index contributed by atoms with van der Waals surface area (Å²) in [7, 11) is 2.19. The maximum atomic E-state index is 15.4. The van der Waals surface area contributed by atoms with E-state index in [1.165, 1.54) is 6.08 Å². The fourth-order valence-corrected chi connectivity index (χ4v) is 10.2. The average molecular weight is 998 g/mol. The van der Waals surface area contributed by atoms with Crippen LogP contribution in [-0.4, -0.2) is 62.6 Å². The minimum absolute atomic E-state index is 0.0316. The fourth-order valence-electron chi connectivity index (χ4n) is 8.08. The zero-order valence-electron chi connectivity index (χ0n) is 28.2. The molecule has 1 saturated carbocycles. The van der Waals surface area contributed by atoms with Gasteiger partial charge < -0.3 is 9.84 Å². The number of nitrogens with zero attached hydrogens (tertiary/aromatic N) is 4. The number of pyridine rings is 1. The highest BCUT2D eigenvalue weighted by atomic mass is 79.9. The maximum Gasteiger partial charge on any atom is 0.433 e. The zero-order valence-corrected chi connectivity index (χ0v) is 33.7. The van der Waals surface area contributed by atoms with Gasteiger partial charge in [-0.15, -0.1) is 23.2 Å². The number of phenols is 1. The molecule has 302 valence electrons. The Morgan fingerprint density at radius 1 is 0.930 bits per heavy atom. The molecule has 2 saturated heterocycles. The van der Waals surface area contributed by atoms with Crippen LogP contribution in [-0.2, 0) is 25.4 Å². The molecule has 0 spiro atoms. The summed E-state index contributed by atoms with van der Waals surface area (Å²) in [5.41, 5.74) is -3.48. The van der Waals surface area contributed by atoms with Gasteiger partial charge in [0, 0.05) is 17.4 Å². The predicted octanol–water partition coefficient (Wildman–Crippen LogP) is 8.30. The minimum atomic E-state index is -4.96. The predicted molar refractivity (Wildman–Crippen MR) is 191 cm³/mol. The Balaban J connectivity index is 1.43. The summed E-state index contributed by atoms with van der Waals surface area (Å²) in [5, 5.41) is 11.6. The number of carbonyl (C=O) groups is 4. The molecular formula is C34H19Br2Cl3F8N4O6. The molecule has 3 heterocycles. The van der Waals surface area contributed by atoms with Crippen molar-refractivity contribution in [2.75, 3.05) is 24.1 Å². The Labute approximate surface area is 346 Å². The minimum Gasteiger partial charge on any atom is -0.503 e. The largest absolute Gasteiger partial charge is 0.503 e. The molecular weight excluding hydrogens is 979 g/mol. The van der Waals surface area contributed by atoms with Gasteiger partial charge in [-0.2, -0.15) is 18.2 Å². The Morgan fingerprint density at radius 2 is 1.53 bits per heavy atom. The van der Waals surface area contributed by atoms with Crippen LogP contribution in [0.3, 0.4) is 0 Å². The molecule has 6 atom stereocenters. The molecule has 2 aliphatic heterocycles. The number of benzene rings is 2. The number of fused-ring (bicyclic) bond motifs is 4. The van der Waals surface area contributed by atoms with Crippen molar-refractivity contribution < 1.29 is 64.1 Å². The van der Waals surface area contributed by atoms with Gasteiger partial charge in [0.2, 0.25) is 5.82 Å². The number of aromatic nitrogens is 1. The van der Waals surface area contributed by atoms with E-state index in [1.807, 2.05) is 0 Å². The van der Waals surface area contributed by atoms with Crippen molar-refractivity contribution in [1.82, 2.24) is 9.99 Å². The Bertz CT molecular complexity index is 2380. The number of anilines is 2. The molecule has 1 N–H and O–H groups in total. The molecule has 23 heteroatoms. The normalized spacial score (nSPS) is 27.1. The topological polar surface area (TPSA) is 120 Å². The van der Waals surface area contributed by atoms with Crippen LogP contribution >= 0.6 is 66.7 Å². The number of hydrogen-bond donors (Lipinski definition) is 1. The van der Waals surface area contributed by atoms with E-state index < -0.39 is 122 Å². The highest BCUT2D eigenvalue weighted by Gasteiger charge is 2.77. The van der Waals surface area contributed by atoms with E-state index in [4.69, 9.17) is 39.5 Å². The van der Waals surface area contributed by atoms with E-state index in [0.717, 1.165) is 26.3 Å². The number of phenolic OH excluding ortho intramolecular Hbond substituents is 1. The molecule has 7 rings (SSSR count). The van der Waals surface area contributed by atoms with Crippen LogP contribution in [0, 0.1) is 46.8 Å². The number of imide groups is 2. The number of allylic oxidation sites excluding steroid dienone is 2. The van der Waals surface area contributed by atoms with Gasteiger partial charge in [0.25, 0.3) is 23.6 Å². The van der Waals surface area contributed by atoms with Crippen molar-refractivity contribution in [3.8, 4) is 11.5 Å². The van der Waals surface area contributed by atoms with Crippen molar-refractivity contribution in [2.45, 2.75) is 34.7 Å². The monoisotopic (exact) mass is 994 g/mol. The number of halogens is 13. The van der Waals surface area contributed by atoms with Gasteiger partial charge in [-0.05, 0) is 74.4 Å². The van der Waals surface area contributed by atoms with Crippen molar-refractivity contribution in [2.24, 2.45) is 17.8 Å². The Morgan fingerprint density at radius 3 is 2.11 bits per heavy atom. The molecule has 4 amide bonds. The second-order valence-corrected chi connectivity index (χ2v) is 16.6. The average Bonchev–Trinajstić information content (AvgIpc) is 3.50. The second kappa shape index (κ2) is 13.7. The Hall–Kier alpha value is -3.72. The maximum absolute atomic E-state index is 15.4. The van der Waals surface area contributed by atoms with Gasteiger partial charge in [-0.25, -0.2) is 31.8 Å². The summed E-state index contributed by atoms with van der Waals surface area (Å²) in [5.74, 6) is -25.7. The van der Waals surface area contributed by atoms with E-state index in [-0.39, 0.29) is 42.2 Å². The summed E-state index contributed by atoms with van der Waals surface area (Å²) >= 11 is 27.0. The molecule has 2 aliphatic carbocycles. The summed E-state index contributed by atoms with van der Waals surface area (Å²) in [6.07, 6.45) is -4.74. The number of hydrazine groups is 1. The molecule has 1 aromatic heterocycles. The van der Waals surface area contributed by atoms with E-state index >= 15 is 8.78 Å². The lowest BCUT2D eigenvalue weighted by atomic mass is 9.56. The third-order valence-corrected chi connectivity index (χ3v) is 14.5. The molecule has 2 aromatic carbocycles. The molecule has 0 radical (unpaired) electrons. The standard InChI is InChI=1S/C34H19Br2Cl3F8N4O6/c1-49(27-13(37)5-6-15(48-27)34(45,46)47)51-28(53)10-4-3-9-12(16(10)29(51)54)8-32(38)30(55)50(25-23(43)21(41)20(40)22(42)24(25)44)31(56)33(32,39)17(9)11-7-14(57-2)26(52)19(36)18(11)35/h3,5-7,10,12,16-17,52H,4,8H2,1-2H3.